The Labute approximate surface area is 192 Å². The molecule has 180 valence electrons. The van der Waals surface area contributed by atoms with Crippen molar-refractivity contribution in [3.63, 3.8) is 0 Å². The summed E-state index contributed by atoms with van der Waals surface area (Å²) in [6.45, 7) is 0.0410. The van der Waals surface area contributed by atoms with Gasteiger partial charge in [-0.25, -0.2) is 9.59 Å². The largest absolute Gasteiger partial charge is 0.493 e. The molecule has 0 bridgehead atoms. The van der Waals surface area contributed by atoms with E-state index in [1.54, 1.807) is 12.1 Å². The summed E-state index contributed by atoms with van der Waals surface area (Å²) in [4.78, 5) is 25.0. The number of rotatable bonds is 12. The molecule has 0 amide bonds. The third kappa shape index (κ3) is 5.71. The van der Waals surface area contributed by atoms with Gasteiger partial charge in [-0.3, -0.25) is 0 Å². The van der Waals surface area contributed by atoms with Crippen LogP contribution in [0.4, 0.5) is 0 Å². The minimum Gasteiger partial charge on any atom is -0.493 e. The van der Waals surface area contributed by atoms with Gasteiger partial charge in [0.2, 0.25) is 11.5 Å². The summed E-state index contributed by atoms with van der Waals surface area (Å²) in [5.74, 6) is 0.593. The second-order valence-corrected chi connectivity index (χ2v) is 6.39. The van der Waals surface area contributed by atoms with E-state index in [0.29, 0.717) is 11.5 Å². The van der Waals surface area contributed by atoms with Crippen LogP contribution in [-0.2, 0) is 9.47 Å². The van der Waals surface area contributed by atoms with Gasteiger partial charge >= 0.3 is 11.9 Å². The van der Waals surface area contributed by atoms with E-state index in [9.17, 15) is 9.59 Å². The molecule has 0 aliphatic carbocycles. The lowest BCUT2D eigenvalue weighted by Crippen LogP contribution is -2.13. The molecule has 0 fully saturated rings. The van der Waals surface area contributed by atoms with E-state index in [0.717, 1.165) is 0 Å². The van der Waals surface area contributed by atoms with Crippen LogP contribution in [0.1, 0.15) is 27.1 Å². The third-order valence-corrected chi connectivity index (χ3v) is 4.60. The van der Waals surface area contributed by atoms with Gasteiger partial charge in [0.1, 0.15) is 11.1 Å². The Morgan fingerprint density at radius 2 is 0.909 bits per heavy atom. The van der Waals surface area contributed by atoms with Gasteiger partial charge in [-0.1, -0.05) is 0 Å². The summed E-state index contributed by atoms with van der Waals surface area (Å²) in [6, 6.07) is 6.20. The molecule has 2 aromatic carbocycles. The number of hydrogen-bond acceptors (Lipinski definition) is 10. The van der Waals surface area contributed by atoms with Gasteiger partial charge in [0.05, 0.1) is 55.9 Å². The zero-order chi connectivity index (χ0) is 24.4. The highest BCUT2D eigenvalue weighted by Gasteiger charge is 2.23. The lowest BCUT2D eigenvalue weighted by molar-refractivity contribution is 0.0392. The molecule has 0 aromatic heterocycles. The minimum absolute atomic E-state index is 0.0205. The van der Waals surface area contributed by atoms with E-state index in [1.165, 1.54) is 54.8 Å². The van der Waals surface area contributed by atoms with Crippen LogP contribution >= 0.6 is 0 Å². The molecule has 2 aromatic rings. The Bertz CT molecular complexity index is 893. The van der Waals surface area contributed by atoms with Gasteiger partial charge in [-0.2, -0.15) is 0 Å². The maximum absolute atomic E-state index is 12.5. The van der Waals surface area contributed by atoms with Crippen LogP contribution in [0.3, 0.4) is 0 Å². The quantitative estimate of drug-likeness (QED) is 0.343. The molecule has 0 aliphatic heterocycles. The summed E-state index contributed by atoms with van der Waals surface area (Å²) in [5, 5.41) is 0. The van der Waals surface area contributed by atoms with E-state index in [2.05, 4.69) is 0 Å². The van der Waals surface area contributed by atoms with Crippen molar-refractivity contribution in [1.82, 2.24) is 0 Å². The van der Waals surface area contributed by atoms with E-state index >= 15 is 0 Å². The molecular formula is C23H28O10. The van der Waals surface area contributed by atoms with Gasteiger partial charge < -0.3 is 37.9 Å². The Morgan fingerprint density at radius 3 is 1.21 bits per heavy atom. The molecule has 0 radical (unpaired) electrons. The number of hydrogen-bond donors (Lipinski definition) is 0. The summed E-state index contributed by atoms with van der Waals surface area (Å²) in [6.07, 6.45) is 0.280. The van der Waals surface area contributed by atoms with E-state index < -0.39 is 11.9 Å². The second kappa shape index (κ2) is 12.3. The molecule has 0 heterocycles. The van der Waals surface area contributed by atoms with Crippen LogP contribution in [0, 0.1) is 0 Å². The summed E-state index contributed by atoms with van der Waals surface area (Å²) < 4.78 is 42.1. The Kier molecular flexibility index (Phi) is 9.46. The SMILES string of the molecule is COc1ccc(C(=O)OCCCOC(=O)c2ccc(OC)c(OC)c2OC)c(OC)c1OC. The smallest absolute Gasteiger partial charge is 0.342 e. The van der Waals surface area contributed by atoms with Gasteiger partial charge in [0.25, 0.3) is 0 Å². The number of ether oxygens (including phenoxy) is 8. The van der Waals surface area contributed by atoms with Crippen LogP contribution in [0.15, 0.2) is 24.3 Å². The van der Waals surface area contributed by atoms with Crippen molar-refractivity contribution in [2.45, 2.75) is 6.42 Å². The molecule has 2 rings (SSSR count). The van der Waals surface area contributed by atoms with Gasteiger partial charge in [-0.05, 0) is 24.3 Å². The first kappa shape index (κ1) is 25.4. The highest BCUT2D eigenvalue weighted by molar-refractivity contribution is 5.95. The van der Waals surface area contributed by atoms with Gasteiger partial charge in [0.15, 0.2) is 23.0 Å². The molecule has 10 heteroatoms. The van der Waals surface area contributed by atoms with Crippen molar-refractivity contribution in [1.29, 1.82) is 0 Å². The number of carbonyl (C=O) groups excluding carboxylic acids is 2. The highest BCUT2D eigenvalue weighted by atomic mass is 16.6. The molecule has 0 N–H and O–H groups in total. The molecule has 0 saturated heterocycles. The van der Waals surface area contributed by atoms with Crippen LogP contribution in [0.5, 0.6) is 34.5 Å². The van der Waals surface area contributed by atoms with Crippen molar-refractivity contribution >= 4 is 11.9 Å². The lowest BCUT2D eigenvalue weighted by Gasteiger charge is -2.15. The third-order valence-electron chi connectivity index (χ3n) is 4.60. The normalized spacial score (nSPS) is 10.1. The molecule has 0 aliphatic rings. The molecule has 10 nitrogen and oxygen atoms in total. The summed E-state index contributed by atoms with van der Waals surface area (Å²) >= 11 is 0. The fraction of sp³-hybridized carbons (Fsp3) is 0.391. The average Bonchev–Trinajstić information content (AvgIpc) is 2.85. The maximum atomic E-state index is 12.5. The first-order valence-corrected chi connectivity index (χ1v) is 9.89. The van der Waals surface area contributed by atoms with Crippen molar-refractivity contribution in [2.24, 2.45) is 0 Å². The van der Waals surface area contributed by atoms with Crippen LogP contribution in [0.25, 0.3) is 0 Å². The second-order valence-electron chi connectivity index (χ2n) is 6.39. The lowest BCUT2D eigenvalue weighted by atomic mass is 10.1. The van der Waals surface area contributed by atoms with Crippen LogP contribution in [-0.4, -0.2) is 67.8 Å². The first-order chi connectivity index (χ1) is 16.0. The van der Waals surface area contributed by atoms with Crippen molar-refractivity contribution in [3.05, 3.63) is 35.4 Å². The fourth-order valence-electron chi connectivity index (χ4n) is 3.07. The van der Waals surface area contributed by atoms with Gasteiger partial charge in [0, 0.05) is 6.42 Å². The number of carbonyl (C=O) groups is 2. The highest BCUT2D eigenvalue weighted by Crippen LogP contribution is 2.41. The Balaban J connectivity index is 1.95. The zero-order valence-corrected chi connectivity index (χ0v) is 19.5. The van der Waals surface area contributed by atoms with Crippen molar-refractivity contribution in [2.75, 3.05) is 55.9 Å². The van der Waals surface area contributed by atoms with Crippen molar-refractivity contribution < 1.29 is 47.5 Å². The van der Waals surface area contributed by atoms with Gasteiger partial charge in [-0.15, -0.1) is 0 Å². The Morgan fingerprint density at radius 1 is 0.545 bits per heavy atom. The summed E-state index contributed by atoms with van der Waals surface area (Å²) in [5.41, 5.74) is 0.365. The number of benzene rings is 2. The van der Waals surface area contributed by atoms with Crippen LogP contribution < -0.4 is 28.4 Å². The molecule has 0 spiro atoms. The molecule has 0 atom stereocenters. The number of esters is 2. The predicted molar refractivity (Wildman–Crippen MR) is 117 cm³/mol. The minimum atomic E-state index is -0.610. The maximum Gasteiger partial charge on any atom is 0.342 e. The fourth-order valence-corrected chi connectivity index (χ4v) is 3.07. The Hall–Kier alpha value is -3.82. The number of methoxy groups -OCH3 is 6. The van der Waals surface area contributed by atoms with E-state index in [4.69, 9.17) is 37.9 Å². The van der Waals surface area contributed by atoms with Crippen LogP contribution in [0.2, 0.25) is 0 Å². The molecule has 0 saturated carbocycles. The van der Waals surface area contributed by atoms with Crippen molar-refractivity contribution in [3.8, 4) is 34.5 Å². The summed E-state index contributed by atoms with van der Waals surface area (Å²) in [7, 11) is 8.67. The average molecular weight is 464 g/mol. The van der Waals surface area contributed by atoms with E-state index in [1.807, 2.05) is 0 Å². The molecular weight excluding hydrogens is 436 g/mol. The predicted octanol–water partition coefficient (Wildman–Crippen LogP) is 3.14. The topological polar surface area (TPSA) is 108 Å². The molecule has 33 heavy (non-hydrogen) atoms. The van der Waals surface area contributed by atoms with E-state index in [-0.39, 0.29) is 53.8 Å². The first-order valence-electron chi connectivity index (χ1n) is 9.89. The zero-order valence-electron chi connectivity index (χ0n) is 19.5. The monoisotopic (exact) mass is 464 g/mol. The standard InChI is InChI=1S/C23H28O10/c1-26-16-10-8-14(18(28-3)20(16)30-5)22(24)32-12-7-13-33-23(25)15-9-11-17(27-2)21(31-6)19(15)29-4/h8-11H,7,12-13H2,1-6H3. The molecule has 0 unspecified atom stereocenters.